The van der Waals surface area contributed by atoms with Gasteiger partial charge >= 0.3 is 0 Å². The number of fused-ring (bicyclic) bond motifs is 3. The first-order valence-corrected chi connectivity index (χ1v) is 3.75. The van der Waals surface area contributed by atoms with Crippen LogP contribution in [0, 0.1) is 0 Å². The van der Waals surface area contributed by atoms with Crippen molar-refractivity contribution in [2.75, 3.05) is 0 Å². The molecule has 0 aliphatic rings. The van der Waals surface area contributed by atoms with Gasteiger partial charge in [-0.1, -0.05) is 18.2 Å². The fourth-order valence-corrected chi connectivity index (χ4v) is 1.47. The average Bonchev–Trinajstić information content (AvgIpc) is 2.71. The summed E-state index contributed by atoms with van der Waals surface area (Å²) in [5.74, 6) is 0. The predicted molar refractivity (Wildman–Crippen MR) is 45.9 cm³/mol. The van der Waals surface area contributed by atoms with Crippen molar-refractivity contribution >= 4 is 21.9 Å². The molecule has 0 aliphatic carbocycles. The summed E-state index contributed by atoms with van der Waals surface area (Å²) in [6.07, 6.45) is 3.64. The van der Waals surface area contributed by atoms with E-state index in [-0.39, 0.29) is 0 Å². The van der Waals surface area contributed by atoms with Gasteiger partial charge in [-0.3, -0.25) is 0 Å². The Morgan fingerprint density at radius 3 is 3.25 bits per heavy atom. The molecule has 0 fully saturated rings. The molecular weight excluding hydrogens is 152 g/mol. The highest BCUT2D eigenvalue weighted by Crippen LogP contribution is 2.23. The predicted octanol–water partition coefficient (Wildman–Crippen LogP) is 2.31. The number of H-pyrrole nitrogens is 1. The highest BCUT2D eigenvalue weighted by atomic mass is 16.5. The van der Waals surface area contributed by atoms with Gasteiger partial charge in [0.1, 0.15) is 0 Å². The second kappa shape index (κ2) is 1.88. The first-order chi connectivity index (χ1) is 5.95. The number of nitrogens with zero attached hydrogens (tertiary/aromatic N) is 1. The van der Waals surface area contributed by atoms with Gasteiger partial charge in [0.25, 0.3) is 5.71 Å². The molecule has 0 saturated carbocycles. The van der Waals surface area contributed by atoms with Gasteiger partial charge < -0.3 is 4.52 Å². The molecule has 0 atom stereocenters. The average molecular weight is 158 g/mol. The van der Waals surface area contributed by atoms with Crippen LogP contribution in [0.3, 0.4) is 0 Å². The fraction of sp³-hybridized carbons (Fsp3) is 0. The Labute approximate surface area is 68.0 Å². The van der Waals surface area contributed by atoms with E-state index in [1.54, 1.807) is 0 Å². The van der Waals surface area contributed by atoms with E-state index >= 15 is 0 Å². The molecule has 3 rings (SSSR count). The molecule has 0 aliphatic heterocycles. The minimum absolute atomic E-state index is 0.661. The van der Waals surface area contributed by atoms with E-state index < -0.39 is 0 Å². The molecule has 3 nitrogen and oxygen atoms in total. The van der Waals surface area contributed by atoms with Crippen LogP contribution in [0.2, 0.25) is 0 Å². The number of aromatic nitrogens is 2. The quantitative estimate of drug-likeness (QED) is 0.545. The van der Waals surface area contributed by atoms with Crippen LogP contribution in [-0.4, -0.2) is 10.1 Å². The zero-order valence-corrected chi connectivity index (χ0v) is 6.24. The van der Waals surface area contributed by atoms with E-state index in [0.29, 0.717) is 5.71 Å². The van der Waals surface area contributed by atoms with Crippen LogP contribution in [0.4, 0.5) is 0 Å². The van der Waals surface area contributed by atoms with E-state index in [1.807, 2.05) is 24.5 Å². The maximum atomic E-state index is 5.06. The van der Waals surface area contributed by atoms with Crippen molar-refractivity contribution in [2.24, 2.45) is 0 Å². The lowest BCUT2D eigenvalue weighted by atomic mass is 10.2. The van der Waals surface area contributed by atoms with Crippen LogP contribution >= 0.6 is 0 Å². The van der Waals surface area contributed by atoms with Gasteiger partial charge in [0.05, 0.1) is 5.39 Å². The van der Waals surface area contributed by atoms with Crippen LogP contribution in [0.25, 0.3) is 21.9 Å². The van der Waals surface area contributed by atoms with E-state index in [9.17, 15) is 0 Å². The smallest absolute Gasteiger partial charge is 0.255 e. The van der Waals surface area contributed by atoms with E-state index in [4.69, 9.17) is 4.52 Å². The molecule has 0 amide bonds. The Kier molecular flexibility index (Phi) is 0.913. The van der Waals surface area contributed by atoms with Gasteiger partial charge in [-0.25, -0.2) is 10.1 Å². The molecular formula is C9H6N2O. The Morgan fingerprint density at radius 1 is 1.25 bits per heavy atom. The van der Waals surface area contributed by atoms with Gasteiger partial charge in [-0.15, -0.1) is 0 Å². The summed E-state index contributed by atoms with van der Waals surface area (Å²) < 4.78 is 5.06. The van der Waals surface area contributed by atoms with E-state index in [1.165, 1.54) is 5.39 Å². The summed E-state index contributed by atoms with van der Waals surface area (Å²) in [6, 6.07) is 6.11. The maximum absolute atomic E-state index is 5.06. The molecule has 12 heavy (non-hydrogen) atoms. The summed E-state index contributed by atoms with van der Waals surface area (Å²) in [6.45, 7) is 0. The molecule has 0 unspecified atom stereocenters. The number of aromatic amines is 1. The fourth-order valence-electron chi connectivity index (χ4n) is 1.47. The van der Waals surface area contributed by atoms with Gasteiger partial charge in [0.2, 0.25) is 0 Å². The van der Waals surface area contributed by atoms with Crippen molar-refractivity contribution in [3.63, 3.8) is 0 Å². The molecule has 1 aromatic carbocycles. The summed E-state index contributed by atoms with van der Waals surface area (Å²) in [5, 5.41) is 6.06. The van der Waals surface area contributed by atoms with Gasteiger partial charge in [0.15, 0.2) is 0 Å². The van der Waals surface area contributed by atoms with Gasteiger partial charge in [-0.2, -0.15) is 0 Å². The molecule has 2 aromatic heterocycles. The summed E-state index contributed by atoms with van der Waals surface area (Å²) in [4.78, 5) is 4.14. The standard InChI is InChI=1S/C9H6N2O/c1-2-6-4-10-9-8(5-11-12-9)7(6)3-1/h1-5,11H. The van der Waals surface area contributed by atoms with E-state index in [0.717, 1.165) is 10.8 Å². The van der Waals surface area contributed by atoms with Crippen molar-refractivity contribution in [3.8, 4) is 0 Å². The SMILES string of the molecule is c1cc2cnc3o[nH]cc3c2c1. The minimum atomic E-state index is 0.661. The highest BCUT2D eigenvalue weighted by molar-refractivity contribution is 6.03. The second-order valence-corrected chi connectivity index (χ2v) is 2.74. The number of rotatable bonds is 0. The molecule has 3 heteroatoms. The van der Waals surface area contributed by atoms with Crippen molar-refractivity contribution < 1.29 is 4.52 Å². The first-order valence-electron chi connectivity index (χ1n) is 3.75. The lowest BCUT2D eigenvalue weighted by molar-refractivity contribution is 0.449. The number of nitrogens with one attached hydrogen (secondary N) is 1. The molecule has 0 spiro atoms. The molecule has 0 radical (unpaired) electrons. The summed E-state index contributed by atoms with van der Waals surface area (Å²) in [5.41, 5.74) is 0.661. The Hall–Kier alpha value is -1.77. The monoisotopic (exact) mass is 158 g/mol. The normalized spacial score (nSPS) is 11.3. The number of pyridine rings is 1. The molecule has 58 valence electrons. The van der Waals surface area contributed by atoms with Gasteiger partial charge in [0, 0.05) is 17.8 Å². The molecule has 0 saturated heterocycles. The van der Waals surface area contributed by atoms with Crippen molar-refractivity contribution in [3.05, 3.63) is 30.6 Å². The van der Waals surface area contributed by atoms with E-state index in [2.05, 4.69) is 16.2 Å². The lowest BCUT2D eigenvalue weighted by Gasteiger charge is -1.88. The Balaban J connectivity index is 2.71. The van der Waals surface area contributed by atoms with Gasteiger partial charge in [-0.05, 0) is 5.39 Å². The van der Waals surface area contributed by atoms with Crippen molar-refractivity contribution in [1.29, 1.82) is 0 Å². The minimum Gasteiger partial charge on any atom is -0.362 e. The highest BCUT2D eigenvalue weighted by Gasteiger charge is 2.03. The maximum Gasteiger partial charge on any atom is 0.255 e. The van der Waals surface area contributed by atoms with Crippen LogP contribution in [0.15, 0.2) is 35.1 Å². The van der Waals surface area contributed by atoms with Crippen LogP contribution < -0.4 is 0 Å². The van der Waals surface area contributed by atoms with Crippen LogP contribution in [0.5, 0.6) is 0 Å². The first kappa shape index (κ1) is 5.83. The van der Waals surface area contributed by atoms with Crippen molar-refractivity contribution in [1.82, 2.24) is 10.1 Å². The van der Waals surface area contributed by atoms with Crippen molar-refractivity contribution in [2.45, 2.75) is 0 Å². The summed E-state index contributed by atoms with van der Waals surface area (Å²) in [7, 11) is 0. The van der Waals surface area contributed by atoms with Crippen LogP contribution in [0.1, 0.15) is 0 Å². The molecule has 0 bridgehead atoms. The molecule has 2 heterocycles. The topological polar surface area (TPSA) is 41.8 Å². The lowest BCUT2D eigenvalue weighted by Crippen LogP contribution is -1.71. The Bertz CT molecular complexity index is 486. The summed E-state index contributed by atoms with van der Waals surface area (Å²) >= 11 is 0. The zero-order valence-electron chi connectivity index (χ0n) is 6.24. The zero-order chi connectivity index (χ0) is 7.97. The number of hydrogen-bond acceptors (Lipinski definition) is 2. The molecule has 1 N–H and O–H groups in total. The molecule has 3 aromatic rings. The third kappa shape index (κ3) is 0.580. The van der Waals surface area contributed by atoms with Crippen LogP contribution in [-0.2, 0) is 0 Å². The second-order valence-electron chi connectivity index (χ2n) is 2.74. The largest absolute Gasteiger partial charge is 0.362 e. The Morgan fingerprint density at radius 2 is 2.25 bits per heavy atom. The third-order valence-electron chi connectivity index (χ3n) is 2.05. The number of hydrogen-bond donors (Lipinski definition) is 1. The third-order valence-corrected chi connectivity index (χ3v) is 2.05.